The van der Waals surface area contributed by atoms with Crippen LogP contribution in [0.3, 0.4) is 0 Å². The number of nitrogens with zero attached hydrogens (tertiary/aromatic N) is 7. The lowest BCUT2D eigenvalue weighted by molar-refractivity contribution is 0.284. The lowest BCUT2D eigenvalue weighted by atomic mass is 9.96. The van der Waals surface area contributed by atoms with Gasteiger partial charge < -0.3 is 20.9 Å². The normalized spacial score (nSPS) is 15.9. The van der Waals surface area contributed by atoms with Gasteiger partial charge in [-0.05, 0) is 64.3 Å². The second kappa shape index (κ2) is 10.5. The van der Waals surface area contributed by atoms with E-state index in [0.717, 1.165) is 48.9 Å². The van der Waals surface area contributed by atoms with E-state index in [1.165, 1.54) is 24.9 Å². The molecule has 9 nitrogen and oxygen atoms in total. The molecule has 1 saturated heterocycles. The predicted octanol–water partition coefficient (Wildman–Crippen LogP) is 3.38. The van der Waals surface area contributed by atoms with Crippen LogP contribution in [-0.4, -0.2) is 69.2 Å². The number of hydrogen-bond donors (Lipinski definition) is 2. The quantitative estimate of drug-likeness (QED) is 0.496. The van der Waals surface area contributed by atoms with Gasteiger partial charge in [0.05, 0.1) is 11.9 Å². The van der Waals surface area contributed by atoms with E-state index in [0.29, 0.717) is 23.8 Å². The number of aryl methyl sites for hydroxylation is 1. The average molecular weight is 466 g/mol. The van der Waals surface area contributed by atoms with Gasteiger partial charge >= 0.3 is 0 Å². The molecule has 0 amide bonds. The van der Waals surface area contributed by atoms with Gasteiger partial charge in [0.15, 0.2) is 11.5 Å². The highest BCUT2D eigenvalue weighted by Crippen LogP contribution is 2.26. The first-order chi connectivity index (χ1) is 16.3. The summed E-state index contributed by atoms with van der Waals surface area (Å²) in [6.45, 7) is 9.75. The minimum Gasteiger partial charge on any atom is -0.380 e. The van der Waals surface area contributed by atoms with Crippen molar-refractivity contribution in [2.24, 2.45) is 5.92 Å². The van der Waals surface area contributed by atoms with Crippen molar-refractivity contribution < 1.29 is 0 Å². The molecule has 0 bridgehead atoms. The highest BCUT2D eigenvalue weighted by Gasteiger charge is 2.22. The number of fused-ring (bicyclic) bond motifs is 1. The van der Waals surface area contributed by atoms with E-state index in [9.17, 15) is 0 Å². The number of nitrogens with two attached hydrogens (primary N) is 1. The largest absolute Gasteiger partial charge is 0.380 e. The zero-order chi connectivity index (χ0) is 24.2. The van der Waals surface area contributed by atoms with Crippen LogP contribution in [0.1, 0.15) is 56.4 Å². The first-order valence-corrected chi connectivity index (χ1v) is 12.5. The van der Waals surface area contributed by atoms with Gasteiger partial charge in [0.2, 0.25) is 5.95 Å². The van der Waals surface area contributed by atoms with Crippen molar-refractivity contribution in [1.29, 1.82) is 0 Å². The number of imidazole rings is 1. The van der Waals surface area contributed by atoms with Gasteiger partial charge in [-0.3, -0.25) is 0 Å². The third-order valence-electron chi connectivity index (χ3n) is 6.52. The van der Waals surface area contributed by atoms with E-state index in [-0.39, 0.29) is 6.04 Å². The molecule has 4 heterocycles. The maximum absolute atomic E-state index is 6.18. The molecule has 0 spiro atoms. The summed E-state index contributed by atoms with van der Waals surface area (Å²) in [6, 6.07) is 2.52. The zero-order valence-electron chi connectivity index (χ0n) is 21.3. The Kier molecular flexibility index (Phi) is 7.50. The molecule has 1 aliphatic heterocycles. The fourth-order valence-electron chi connectivity index (χ4n) is 4.94. The Morgan fingerprint density at radius 3 is 2.68 bits per heavy atom. The Balaban J connectivity index is 1.44. The first kappa shape index (κ1) is 24.2. The number of hydrogen-bond acceptors (Lipinski definition) is 8. The fourth-order valence-corrected chi connectivity index (χ4v) is 4.94. The minimum absolute atomic E-state index is 0.288. The Hall–Kier alpha value is -2.94. The molecule has 3 aromatic rings. The third kappa shape index (κ3) is 5.75. The average Bonchev–Trinajstić information content (AvgIpc) is 3.17. The molecule has 3 N–H and O–H groups in total. The Morgan fingerprint density at radius 1 is 1.24 bits per heavy atom. The number of nitrogens with one attached hydrogen (secondary N) is 1. The Bertz CT molecular complexity index is 1100. The van der Waals surface area contributed by atoms with Crippen molar-refractivity contribution in [3.63, 3.8) is 0 Å². The minimum atomic E-state index is 0.288. The van der Waals surface area contributed by atoms with Crippen LogP contribution in [-0.2, 0) is 6.42 Å². The van der Waals surface area contributed by atoms with Crippen LogP contribution in [0.15, 0.2) is 18.5 Å². The van der Waals surface area contributed by atoms with Crippen molar-refractivity contribution in [3.8, 4) is 0 Å². The van der Waals surface area contributed by atoms with E-state index in [4.69, 9.17) is 10.7 Å². The second-order valence-corrected chi connectivity index (χ2v) is 10.0. The lowest BCUT2D eigenvalue weighted by Crippen LogP contribution is -2.37. The van der Waals surface area contributed by atoms with Crippen LogP contribution >= 0.6 is 0 Å². The van der Waals surface area contributed by atoms with Crippen LogP contribution < -0.4 is 16.0 Å². The van der Waals surface area contributed by atoms with Crippen LogP contribution in [0.25, 0.3) is 5.65 Å². The van der Waals surface area contributed by atoms with Crippen LogP contribution in [0.5, 0.6) is 0 Å². The van der Waals surface area contributed by atoms with Crippen molar-refractivity contribution in [1.82, 2.24) is 29.5 Å². The molecule has 34 heavy (non-hydrogen) atoms. The Morgan fingerprint density at radius 2 is 2.00 bits per heavy atom. The van der Waals surface area contributed by atoms with Gasteiger partial charge in [-0.2, -0.15) is 4.98 Å². The van der Waals surface area contributed by atoms with Crippen LogP contribution in [0.4, 0.5) is 17.6 Å². The van der Waals surface area contributed by atoms with E-state index in [2.05, 4.69) is 71.1 Å². The van der Waals surface area contributed by atoms with Gasteiger partial charge in [-0.1, -0.05) is 19.4 Å². The fraction of sp³-hybridized carbons (Fsp3) is 0.600. The zero-order valence-corrected chi connectivity index (χ0v) is 21.3. The third-order valence-corrected chi connectivity index (χ3v) is 6.52. The molecule has 0 aromatic carbocycles. The summed E-state index contributed by atoms with van der Waals surface area (Å²) < 4.78 is 1.73. The van der Waals surface area contributed by atoms with Gasteiger partial charge in [-0.15, -0.1) is 5.10 Å². The second-order valence-electron chi connectivity index (χ2n) is 10.0. The van der Waals surface area contributed by atoms with Crippen LogP contribution in [0, 0.1) is 12.8 Å². The molecule has 184 valence electrons. The maximum Gasteiger partial charge on any atom is 0.243 e. The number of anilines is 3. The standard InChI is InChI=1S/C25H39N9/c1-6-7-18(3)28-25-30-22(26)24-29-21(16-34(24)31-25)13-20-12-17(2)23(27-14-20)33-10-8-19(9-11-33)15-32(4)5/h12,14,16,18-19H,6-11,13,15H2,1-5H3,(H3,26,28,30,31). The van der Waals surface area contributed by atoms with Gasteiger partial charge in [0.1, 0.15) is 5.82 Å². The molecular weight excluding hydrogens is 426 g/mol. The lowest BCUT2D eigenvalue weighted by Gasteiger charge is -2.34. The molecule has 1 fully saturated rings. The molecule has 1 aliphatic rings. The molecule has 1 unspecified atom stereocenters. The number of rotatable bonds is 9. The summed E-state index contributed by atoms with van der Waals surface area (Å²) in [7, 11) is 4.31. The molecule has 0 radical (unpaired) electrons. The van der Waals surface area contributed by atoms with Gasteiger partial charge in [-0.25, -0.2) is 14.5 Å². The summed E-state index contributed by atoms with van der Waals surface area (Å²) >= 11 is 0. The number of piperidine rings is 1. The maximum atomic E-state index is 6.18. The molecule has 9 heteroatoms. The summed E-state index contributed by atoms with van der Waals surface area (Å²) in [6.07, 6.45) is 9.18. The van der Waals surface area contributed by atoms with E-state index < -0.39 is 0 Å². The Labute approximate surface area is 202 Å². The molecule has 0 saturated carbocycles. The van der Waals surface area contributed by atoms with Crippen molar-refractivity contribution in [3.05, 3.63) is 35.3 Å². The summed E-state index contributed by atoms with van der Waals surface area (Å²) in [5.41, 5.74) is 10.0. The number of pyridine rings is 1. The van der Waals surface area contributed by atoms with E-state index in [1.807, 2.05) is 12.4 Å². The van der Waals surface area contributed by atoms with Crippen LogP contribution in [0.2, 0.25) is 0 Å². The van der Waals surface area contributed by atoms with Gasteiger partial charge in [0, 0.05) is 38.3 Å². The SMILES string of the molecule is CCCC(C)Nc1nc(N)c2nc(Cc3cnc(N4CCC(CN(C)C)CC4)c(C)c3)cn2n1. The summed E-state index contributed by atoms with van der Waals surface area (Å²) in [4.78, 5) is 18.6. The van der Waals surface area contributed by atoms with Crippen molar-refractivity contribution >= 4 is 23.2 Å². The first-order valence-electron chi connectivity index (χ1n) is 12.5. The number of aromatic nitrogens is 5. The van der Waals surface area contributed by atoms with Crippen molar-refractivity contribution in [2.75, 3.05) is 49.7 Å². The van der Waals surface area contributed by atoms with Crippen molar-refractivity contribution in [2.45, 2.75) is 58.9 Å². The predicted molar refractivity (Wildman–Crippen MR) is 138 cm³/mol. The van der Waals surface area contributed by atoms with E-state index >= 15 is 0 Å². The monoisotopic (exact) mass is 465 g/mol. The molecular formula is C25H39N9. The number of nitrogen functional groups attached to an aromatic ring is 1. The van der Waals surface area contributed by atoms with E-state index in [1.54, 1.807) is 4.52 Å². The highest BCUT2D eigenvalue weighted by atomic mass is 15.3. The van der Waals surface area contributed by atoms with Gasteiger partial charge in [0.25, 0.3) is 0 Å². The molecule has 1 atom stereocenters. The summed E-state index contributed by atoms with van der Waals surface area (Å²) in [5.74, 6) is 2.80. The molecule has 4 rings (SSSR count). The molecule has 3 aromatic heterocycles. The topological polar surface area (TPSA) is 100 Å². The smallest absolute Gasteiger partial charge is 0.243 e. The molecule has 0 aliphatic carbocycles. The highest BCUT2D eigenvalue weighted by molar-refractivity contribution is 5.61. The summed E-state index contributed by atoms with van der Waals surface area (Å²) in [5, 5.41) is 7.89.